The molecule has 0 saturated heterocycles. The summed E-state index contributed by atoms with van der Waals surface area (Å²) in [5.41, 5.74) is 1.16. The number of hydrogen-bond acceptors (Lipinski definition) is 3. The summed E-state index contributed by atoms with van der Waals surface area (Å²) in [6.45, 7) is 0.696. The van der Waals surface area contributed by atoms with Crippen molar-refractivity contribution in [2.24, 2.45) is 0 Å². The summed E-state index contributed by atoms with van der Waals surface area (Å²) in [6, 6.07) is 4.07. The van der Waals surface area contributed by atoms with Crippen LogP contribution >= 0.6 is 0 Å². The molecular formula is C14H22N2O. The number of pyridine rings is 1. The average molecular weight is 234 g/mol. The minimum Gasteiger partial charge on any atom is -0.373 e. The van der Waals surface area contributed by atoms with Gasteiger partial charge >= 0.3 is 0 Å². The molecule has 1 saturated carbocycles. The molecule has 0 aromatic carbocycles. The van der Waals surface area contributed by atoms with Crippen LogP contribution in [0.15, 0.2) is 18.3 Å². The van der Waals surface area contributed by atoms with Crippen molar-refractivity contribution < 1.29 is 4.74 Å². The molecule has 3 heteroatoms. The summed E-state index contributed by atoms with van der Waals surface area (Å²) in [4.78, 5) is 4.29. The Balaban J connectivity index is 1.79. The molecule has 0 spiro atoms. The smallest absolute Gasteiger partial charge is 0.125 e. The van der Waals surface area contributed by atoms with Gasteiger partial charge in [0.25, 0.3) is 0 Å². The topological polar surface area (TPSA) is 34.1 Å². The molecule has 3 nitrogen and oxygen atoms in total. The van der Waals surface area contributed by atoms with Crippen LogP contribution < -0.4 is 5.32 Å². The first-order chi connectivity index (χ1) is 8.38. The van der Waals surface area contributed by atoms with Gasteiger partial charge in [-0.25, -0.2) is 4.98 Å². The van der Waals surface area contributed by atoms with E-state index in [2.05, 4.69) is 16.4 Å². The molecule has 94 valence electrons. The lowest BCUT2D eigenvalue weighted by Crippen LogP contribution is -2.11. The number of nitrogens with one attached hydrogen (secondary N) is 1. The molecule has 1 aromatic rings. The van der Waals surface area contributed by atoms with Crippen molar-refractivity contribution in [3.63, 3.8) is 0 Å². The fourth-order valence-electron chi connectivity index (χ4n) is 2.28. The molecule has 0 bridgehead atoms. The molecule has 0 radical (unpaired) electrons. The fourth-order valence-corrected chi connectivity index (χ4v) is 2.28. The summed E-state index contributed by atoms with van der Waals surface area (Å²) in [7, 11) is 1.88. The standard InChI is InChI=1S/C14H22N2O/c1-15-14-9-8-12(10-16-14)11-17-13-6-4-2-3-5-7-13/h8-10,13H,2-7,11H2,1H3,(H,15,16). The first-order valence-corrected chi connectivity index (χ1v) is 6.63. The van der Waals surface area contributed by atoms with Gasteiger partial charge in [0.05, 0.1) is 12.7 Å². The highest BCUT2D eigenvalue weighted by Crippen LogP contribution is 2.20. The highest BCUT2D eigenvalue weighted by Gasteiger charge is 2.12. The largest absolute Gasteiger partial charge is 0.373 e. The highest BCUT2D eigenvalue weighted by atomic mass is 16.5. The van der Waals surface area contributed by atoms with E-state index < -0.39 is 0 Å². The maximum absolute atomic E-state index is 5.96. The van der Waals surface area contributed by atoms with Gasteiger partial charge in [-0.1, -0.05) is 31.7 Å². The van der Waals surface area contributed by atoms with Crippen LogP contribution in [0.25, 0.3) is 0 Å². The molecule has 1 aliphatic rings. The minimum atomic E-state index is 0.460. The Hall–Kier alpha value is -1.09. The Labute approximate surface area is 104 Å². The van der Waals surface area contributed by atoms with Crippen molar-refractivity contribution in [3.05, 3.63) is 23.9 Å². The second-order valence-corrected chi connectivity index (χ2v) is 4.73. The van der Waals surface area contributed by atoms with E-state index in [1.165, 1.54) is 38.5 Å². The van der Waals surface area contributed by atoms with Crippen LogP contribution in [0, 0.1) is 0 Å². The van der Waals surface area contributed by atoms with Gasteiger partial charge in [-0.15, -0.1) is 0 Å². The quantitative estimate of drug-likeness (QED) is 0.811. The zero-order valence-electron chi connectivity index (χ0n) is 10.6. The van der Waals surface area contributed by atoms with Crippen molar-refractivity contribution in [3.8, 4) is 0 Å². The van der Waals surface area contributed by atoms with Gasteiger partial charge < -0.3 is 10.1 Å². The van der Waals surface area contributed by atoms with Crippen LogP contribution in [0.3, 0.4) is 0 Å². The molecule has 1 aromatic heterocycles. The third-order valence-electron chi connectivity index (χ3n) is 3.37. The molecular weight excluding hydrogens is 212 g/mol. The Morgan fingerprint density at radius 1 is 1.24 bits per heavy atom. The molecule has 2 rings (SSSR count). The lowest BCUT2D eigenvalue weighted by Gasteiger charge is -2.15. The van der Waals surface area contributed by atoms with E-state index in [1.54, 1.807) is 0 Å². The van der Waals surface area contributed by atoms with E-state index in [1.807, 2.05) is 19.3 Å². The van der Waals surface area contributed by atoms with Gasteiger partial charge in [0.2, 0.25) is 0 Å². The number of nitrogens with zero attached hydrogens (tertiary/aromatic N) is 1. The summed E-state index contributed by atoms with van der Waals surface area (Å²) >= 11 is 0. The van der Waals surface area contributed by atoms with Crippen LogP contribution in [0.1, 0.15) is 44.1 Å². The van der Waals surface area contributed by atoms with Crippen LogP contribution in [-0.4, -0.2) is 18.1 Å². The molecule has 17 heavy (non-hydrogen) atoms. The van der Waals surface area contributed by atoms with Crippen molar-refractivity contribution in [1.82, 2.24) is 4.98 Å². The Kier molecular flexibility index (Phi) is 4.80. The number of rotatable bonds is 4. The van der Waals surface area contributed by atoms with E-state index >= 15 is 0 Å². The van der Waals surface area contributed by atoms with Crippen molar-refractivity contribution >= 4 is 5.82 Å². The zero-order valence-corrected chi connectivity index (χ0v) is 10.6. The lowest BCUT2D eigenvalue weighted by atomic mass is 10.1. The number of hydrogen-bond donors (Lipinski definition) is 1. The number of ether oxygens (including phenoxy) is 1. The first kappa shape index (κ1) is 12.4. The second-order valence-electron chi connectivity index (χ2n) is 4.73. The number of aromatic nitrogens is 1. The molecule has 1 heterocycles. The van der Waals surface area contributed by atoms with Gasteiger partial charge in [-0.3, -0.25) is 0 Å². The summed E-state index contributed by atoms with van der Waals surface area (Å²) in [6.07, 6.45) is 10.2. The molecule has 0 amide bonds. The van der Waals surface area contributed by atoms with Gasteiger partial charge in [0.15, 0.2) is 0 Å². The monoisotopic (exact) mass is 234 g/mol. The average Bonchev–Trinajstić information content (AvgIpc) is 2.65. The minimum absolute atomic E-state index is 0.460. The van der Waals surface area contributed by atoms with Gasteiger partial charge in [0, 0.05) is 13.2 Å². The SMILES string of the molecule is CNc1ccc(COC2CCCCCC2)cn1. The van der Waals surface area contributed by atoms with E-state index in [0.29, 0.717) is 12.7 Å². The molecule has 0 atom stereocenters. The van der Waals surface area contributed by atoms with Gasteiger partial charge in [-0.05, 0) is 24.5 Å². The normalized spacial score (nSPS) is 17.7. The third-order valence-corrected chi connectivity index (χ3v) is 3.37. The van der Waals surface area contributed by atoms with E-state index in [9.17, 15) is 0 Å². The number of anilines is 1. The fraction of sp³-hybridized carbons (Fsp3) is 0.643. The summed E-state index contributed by atoms with van der Waals surface area (Å²) in [5, 5.41) is 3.02. The van der Waals surface area contributed by atoms with Crippen molar-refractivity contribution in [1.29, 1.82) is 0 Å². The molecule has 1 fully saturated rings. The van der Waals surface area contributed by atoms with Crippen LogP contribution in [0.5, 0.6) is 0 Å². The highest BCUT2D eigenvalue weighted by molar-refractivity contribution is 5.34. The van der Waals surface area contributed by atoms with Crippen LogP contribution in [0.2, 0.25) is 0 Å². The maximum atomic E-state index is 5.96. The summed E-state index contributed by atoms with van der Waals surface area (Å²) in [5.74, 6) is 0.906. The molecule has 0 unspecified atom stereocenters. The summed E-state index contributed by atoms with van der Waals surface area (Å²) < 4.78 is 5.96. The predicted octanol–water partition coefficient (Wildman–Crippen LogP) is 3.36. The molecule has 1 aliphatic carbocycles. The zero-order chi connectivity index (χ0) is 11.9. The van der Waals surface area contributed by atoms with E-state index in [0.717, 1.165) is 11.4 Å². The van der Waals surface area contributed by atoms with Crippen molar-refractivity contribution in [2.75, 3.05) is 12.4 Å². The van der Waals surface area contributed by atoms with Gasteiger partial charge in [0.1, 0.15) is 5.82 Å². The maximum Gasteiger partial charge on any atom is 0.125 e. The van der Waals surface area contributed by atoms with E-state index in [-0.39, 0.29) is 0 Å². The first-order valence-electron chi connectivity index (χ1n) is 6.63. The second kappa shape index (κ2) is 6.60. The molecule has 0 aliphatic heterocycles. The van der Waals surface area contributed by atoms with Crippen molar-refractivity contribution in [2.45, 2.75) is 51.2 Å². The predicted molar refractivity (Wildman–Crippen MR) is 70.1 cm³/mol. The van der Waals surface area contributed by atoms with E-state index in [4.69, 9.17) is 4.74 Å². The van der Waals surface area contributed by atoms with Gasteiger partial charge in [-0.2, -0.15) is 0 Å². The van der Waals surface area contributed by atoms with Crippen LogP contribution in [-0.2, 0) is 11.3 Å². The molecule has 1 N–H and O–H groups in total. The Morgan fingerprint density at radius 2 is 2.00 bits per heavy atom. The Morgan fingerprint density at radius 3 is 2.59 bits per heavy atom. The Bertz CT molecular complexity index is 315. The lowest BCUT2D eigenvalue weighted by molar-refractivity contribution is 0.0308. The van der Waals surface area contributed by atoms with Crippen LogP contribution in [0.4, 0.5) is 5.82 Å². The third kappa shape index (κ3) is 4.00.